The number of hydrogen-bond donors (Lipinski definition) is 1. The summed E-state index contributed by atoms with van der Waals surface area (Å²) in [6.45, 7) is 4.76. The Balaban J connectivity index is 1.33. The van der Waals surface area contributed by atoms with E-state index in [1.807, 2.05) is 6.92 Å². The zero-order valence-corrected chi connectivity index (χ0v) is 19.7. The van der Waals surface area contributed by atoms with Crippen LogP contribution in [0.25, 0.3) is 0 Å². The van der Waals surface area contributed by atoms with E-state index >= 15 is 0 Å². The van der Waals surface area contributed by atoms with Crippen LogP contribution in [0.2, 0.25) is 0 Å². The maximum absolute atomic E-state index is 13.4. The summed E-state index contributed by atoms with van der Waals surface area (Å²) >= 11 is 0. The maximum atomic E-state index is 13.4. The van der Waals surface area contributed by atoms with Crippen LogP contribution in [0.15, 0.2) is 12.4 Å². The molecular formula is C27H39N3O2. The first kappa shape index (κ1) is 22.1. The van der Waals surface area contributed by atoms with Crippen LogP contribution >= 0.6 is 0 Å². The average Bonchev–Trinajstić information content (AvgIpc) is 3.16. The molecule has 174 valence electrons. The van der Waals surface area contributed by atoms with Gasteiger partial charge in [-0.3, -0.25) is 9.48 Å². The number of aromatic nitrogens is 2. The Kier molecular flexibility index (Phi) is 5.95. The van der Waals surface area contributed by atoms with Gasteiger partial charge in [0.15, 0.2) is 5.78 Å². The lowest BCUT2D eigenvalue weighted by Crippen LogP contribution is -2.51. The summed E-state index contributed by atoms with van der Waals surface area (Å²) in [7, 11) is 0. The van der Waals surface area contributed by atoms with Crippen LogP contribution in [0.4, 0.5) is 0 Å². The molecular weight excluding hydrogens is 398 g/mol. The highest BCUT2D eigenvalue weighted by molar-refractivity contribution is 5.81. The molecule has 4 aliphatic carbocycles. The first-order valence-corrected chi connectivity index (χ1v) is 13.0. The van der Waals surface area contributed by atoms with E-state index in [1.54, 1.807) is 17.1 Å². The van der Waals surface area contributed by atoms with Crippen molar-refractivity contribution in [3.8, 4) is 6.07 Å². The molecule has 0 radical (unpaired) electrons. The van der Waals surface area contributed by atoms with E-state index in [2.05, 4.69) is 18.1 Å². The number of aliphatic hydroxyl groups is 1. The summed E-state index contributed by atoms with van der Waals surface area (Å²) in [4.78, 5) is 13.4. The number of nitriles is 1. The van der Waals surface area contributed by atoms with Crippen molar-refractivity contribution in [1.29, 1.82) is 5.26 Å². The van der Waals surface area contributed by atoms with Crippen LogP contribution in [0.3, 0.4) is 0 Å². The normalized spacial score (nSPS) is 43.8. The zero-order chi connectivity index (χ0) is 22.5. The zero-order valence-electron chi connectivity index (χ0n) is 19.7. The lowest BCUT2D eigenvalue weighted by molar-refractivity contribution is -0.135. The standard InChI is InChI=1S/C27H39N3O2/c1-17-12-24-20-9-11-27(2,32)10-8-19(20)6-7-21(24)22-4-3-5-23(26(17)22)25(31)16-30-15-18(13-28)14-29-30/h14-15,17,19-24,26,32H,3-12,16H2,1-2H3/t17?,19-,20+,21+,22+,23-,24-,26+,27+/m1/s1. The third-order valence-electron chi connectivity index (χ3n) is 10.0. The second-order valence-corrected chi connectivity index (χ2v) is 11.9. The van der Waals surface area contributed by atoms with Gasteiger partial charge in [0.25, 0.3) is 0 Å². The molecule has 4 aliphatic rings. The van der Waals surface area contributed by atoms with E-state index < -0.39 is 5.60 Å². The summed E-state index contributed by atoms with van der Waals surface area (Å²) in [5.74, 6) is 5.37. The van der Waals surface area contributed by atoms with Crippen LogP contribution < -0.4 is 0 Å². The monoisotopic (exact) mass is 437 g/mol. The number of carbonyl (C=O) groups excluding carboxylic acids is 1. The Hall–Kier alpha value is -1.67. The molecule has 9 atom stereocenters. The van der Waals surface area contributed by atoms with E-state index in [1.165, 1.54) is 44.9 Å². The van der Waals surface area contributed by atoms with Gasteiger partial charge in [-0.15, -0.1) is 0 Å². The van der Waals surface area contributed by atoms with Gasteiger partial charge in [-0.2, -0.15) is 10.4 Å². The highest BCUT2D eigenvalue weighted by atomic mass is 16.3. The van der Waals surface area contributed by atoms with Gasteiger partial charge in [0.1, 0.15) is 6.07 Å². The van der Waals surface area contributed by atoms with Gasteiger partial charge < -0.3 is 5.11 Å². The molecule has 4 saturated carbocycles. The second-order valence-electron chi connectivity index (χ2n) is 11.9. The Bertz CT molecular complexity index is 884. The SMILES string of the molecule is CC1C[C@H]2[C@@H](CC[C@@H]3CC[C@](C)(O)CC[C@@H]32)[C@@H]2CCC[C@H](C(=O)Cn3cc(C#N)cn3)[C@@H]12. The van der Waals surface area contributed by atoms with Crippen molar-refractivity contribution in [3.05, 3.63) is 18.0 Å². The van der Waals surface area contributed by atoms with Crippen molar-refractivity contribution in [3.63, 3.8) is 0 Å². The van der Waals surface area contributed by atoms with E-state index in [0.29, 0.717) is 35.6 Å². The second kappa shape index (κ2) is 8.60. The predicted molar refractivity (Wildman–Crippen MR) is 122 cm³/mol. The topological polar surface area (TPSA) is 78.9 Å². The molecule has 5 rings (SSSR count). The number of nitrogens with zero attached hydrogens (tertiary/aromatic N) is 3. The minimum absolute atomic E-state index is 0.145. The molecule has 0 amide bonds. The van der Waals surface area contributed by atoms with Gasteiger partial charge in [0.05, 0.1) is 23.9 Å². The first-order valence-electron chi connectivity index (χ1n) is 13.0. The third-order valence-corrected chi connectivity index (χ3v) is 10.0. The van der Waals surface area contributed by atoms with Crippen molar-refractivity contribution in [2.45, 2.75) is 90.2 Å². The molecule has 0 spiro atoms. The van der Waals surface area contributed by atoms with E-state index in [9.17, 15) is 9.90 Å². The van der Waals surface area contributed by atoms with E-state index in [4.69, 9.17) is 5.26 Å². The van der Waals surface area contributed by atoms with Gasteiger partial charge in [-0.1, -0.05) is 13.3 Å². The Morgan fingerprint density at radius 1 is 1.16 bits per heavy atom. The lowest BCUT2D eigenvalue weighted by atomic mass is 9.48. The van der Waals surface area contributed by atoms with Gasteiger partial charge in [0.2, 0.25) is 0 Å². The van der Waals surface area contributed by atoms with Crippen molar-refractivity contribution in [2.24, 2.45) is 47.3 Å². The number of rotatable bonds is 3. The smallest absolute Gasteiger partial charge is 0.157 e. The molecule has 5 heteroatoms. The Labute approximate surface area is 192 Å². The summed E-state index contributed by atoms with van der Waals surface area (Å²) in [5.41, 5.74) is 0.0444. The quantitative estimate of drug-likeness (QED) is 0.723. The average molecular weight is 438 g/mol. The maximum Gasteiger partial charge on any atom is 0.157 e. The van der Waals surface area contributed by atoms with E-state index in [0.717, 1.165) is 42.9 Å². The molecule has 1 heterocycles. The molecule has 1 N–H and O–H groups in total. The number of Topliss-reactive ketones (excluding diaryl/α,β-unsaturated/α-hetero) is 1. The fourth-order valence-electron chi connectivity index (χ4n) is 8.61. The minimum Gasteiger partial charge on any atom is -0.390 e. The Morgan fingerprint density at radius 2 is 1.97 bits per heavy atom. The van der Waals surface area contributed by atoms with Crippen molar-refractivity contribution in [1.82, 2.24) is 9.78 Å². The van der Waals surface area contributed by atoms with Crippen LogP contribution in [-0.4, -0.2) is 26.3 Å². The summed E-state index contributed by atoms with van der Waals surface area (Å²) < 4.78 is 1.66. The number of fused-ring (bicyclic) bond motifs is 5. The van der Waals surface area contributed by atoms with Gasteiger partial charge in [-0.25, -0.2) is 0 Å². The summed E-state index contributed by atoms with van der Waals surface area (Å²) in [6.07, 6.45) is 14.9. The molecule has 1 aromatic heterocycles. The molecule has 0 saturated heterocycles. The molecule has 1 unspecified atom stereocenters. The van der Waals surface area contributed by atoms with Gasteiger partial charge >= 0.3 is 0 Å². The van der Waals surface area contributed by atoms with Crippen molar-refractivity contribution in [2.75, 3.05) is 0 Å². The molecule has 0 aliphatic heterocycles. The fourth-order valence-corrected chi connectivity index (χ4v) is 8.61. The first-order chi connectivity index (χ1) is 15.4. The molecule has 1 aromatic rings. The Morgan fingerprint density at radius 3 is 2.75 bits per heavy atom. The lowest BCUT2D eigenvalue weighted by Gasteiger charge is -2.56. The number of hydrogen-bond acceptors (Lipinski definition) is 4. The summed E-state index contributed by atoms with van der Waals surface area (Å²) in [5, 5.41) is 24.0. The van der Waals surface area contributed by atoms with Crippen LogP contribution in [0.1, 0.15) is 83.6 Å². The van der Waals surface area contributed by atoms with Crippen molar-refractivity contribution >= 4 is 5.78 Å². The number of ketones is 1. The van der Waals surface area contributed by atoms with Crippen LogP contribution in [0, 0.1) is 58.7 Å². The van der Waals surface area contributed by atoms with Gasteiger partial charge in [-0.05, 0) is 106 Å². The minimum atomic E-state index is -0.476. The third kappa shape index (κ3) is 4.04. The number of carbonyl (C=O) groups is 1. The van der Waals surface area contributed by atoms with E-state index in [-0.39, 0.29) is 5.92 Å². The highest BCUT2D eigenvalue weighted by Crippen LogP contribution is 2.59. The predicted octanol–water partition coefficient (Wildman–Crippen LogP) is 4.98. The molecule has 0 aromatic carbocycles. The van der Waals surface area contributed by atoms with Crippen LogP contribution in [-0.2, 0) is 11.3 Å². The summed E-state index contributed by atoms with van der Waals surface area (Å²) in [6, 6.07) is 2.11. The largest absolute Gasteiger partial charge is 0.390 e. The molecule has 5 nitrogen and oxygen atoms in total. The molecule has 32 heavy (non-hydrogen) atoms. The van der Waals surface area contributed by atoms with Crippen LogP contribution in [0.5, 0.6) is 0 Å². The van der Waals surface area contributed by atoms with Crippen molar-refractivity contribution < 1.29 is 9.90 Å². The van der Waals surface area contributed by atoms with Gasteiger partial charge in [0, 0.05) is 12.1 Å². The highest BCUT2D eigenvalue weighted by Gasteiger charge is 2.53. The molecule has 4 fully saturated rings. The fraction of sp³-hybridized carbons (Fsp3) is 0.815. The molecule has 0 bridgehead atoms.